The molecule has 0 spiro atoms. The minimum atomic E-state index is -0.000142. The zero-order valence-corrected chi connectivity index (χ0v) is 8.04. The molecule has 76 valence electrons. The highest BCUT2D eigenvalue weighted by atomic mass is 16.4. The zero-order chi connectivity index (χ0) is 10.7. The number of oxime groups is 1. The third-order valence-electron chi connectivity index (χ3n) is 2.45. The third-order valence-corrected chi connectivity index (χ3v) is 2.45. The van der Waals surface area contributed by atoms with Crippen LogP contribution in [0.25, 0.3) is 10.4 Å². The van der Waals surface area contributed by atoms with Gasteiger partial charge >= 0.3 is 0 Å². The third kappa shape index (κ3) is 2.08. The molecule has 1 N–H and O–H groups in total. The maximum absolute atomic E-state index is 8.62. The Morgan fingerprint density at radius 2 is 2.00 bits per heavy atom. The van der Waals surface area contributed by atoms with Crippen molar-refractivity contribution < 1.29 is 5.21 Å². The lowest BCUT2D eigenvalue weighted by atomic mass is 10.1. The predicted molar refractivity (Wildman–Crippen MR) is 55.9 cm³/mol. The Labute approximate surface area is 86.7 Å². The van der Waals surface area contributed by atoms with Crippen LogP contribution in [0.3, 0.4) is 0 Å². The SMILES string of the molecule is [N-]=[N+]=N/C(=N\O)c1ccc(C2CC2)cc1. The average molecular weight is 202 g/mol. The van der Waals surface area contributed by atoms with Crippen LogP contribution in [0.4, 0.5) is 0 Å². The normalized spacial score (nSPS) is 15.9. The second-order valence-corrected chi connectivity index (χ2v) is 3.51. The van der Waals surface area contributed by atoms with Crippen LogP contribution < -0.4 is 0 Å². The predicted octanol–water partition coefficient (Wildman–Crippen LogP) is 3.01. The van der Waals surface area contributed by atoms with Crippen molar-refractivity contribution >= 4 is 5.84 Å². The van der Waals surface area contributed by atoms with Gasteiger partial charge in [-0.25, -0.2) is 0 Å². The lowest BCUT2D eigenvalue weighted by Gasteiger charge is -2.00. The molecular formula is C10H10N4O. The Kier molecular flexibility index (Phi) is 2.56. The Morgan fingerprint density at radius 3 is 2.47 bits per heavy atom. The minimum absolute atomic E-state index is 0.000142. The van der Waals surface area contributed by atoms with E-state index in [0.29, 0.717) is 11.5 Å². The van der Waals surface area contributed by atoms with Crippen molar-refractivity contribution in [2.45, 2.75) is 18.8 Å². The van der Waals surface area contributed by atoms with Gasteiger partial charge in [-0.3, -0.25) is 0 Å². The largest absolute Gasteiger partial charge is 0.410 e. The molecule has 0 aromatic heterocycles. The Morgan fingerprint density at radius 1 is 1.33 bits per heavy atom. The molecule has 1 fully saturated rings. The van der Waals surface area contributed by atoms with E-state index in [0.717, 1.165) is 0 Å². The van der Waals surface area contributed by atoms with Crippen LogP contribution in [0.15, 0.2) is 34.5 Å². The smallest absolute Gasteiger partial charge is 0.173 e. The van der Waals surface area contributed by atoms with Gasteiger partial charge in [0, 0.05) is 10.5 Å². The molecule has 0 unspecified atom stereocenters. The maximum atomic E-state index is 8.62. The standard InChI is InChI=1S/C10H10N4O/c11-14-12-10(13-15)9-5-3-8(4-6-9)7-1-2-7/h3-7,15H,1-2H2/b13-10-. The maximum Gasteiger partial charge on any atom is 0.173 e. The van der Waals surface area contributed by atoms with Gasteiger partial charge in [-0.2, -0.15) is 0 Å². The number of hydrogen-bond acceptors (Lipinski definition) is 2. The molecule has 2 rings (SSSR count). The molecule has 5 heteroatoms. The lowest BCUT2D eigenvalue weighted by molar-refractivity contribution is 0.318. The zero-order valence-electron chi connectivity index (χ0n) is 8.04. The van der Waals surface area contributed by atoms with Gasteiger partial charge in [0.1, 0.15) is 0 Å². The first-order chi connectivity index (χ1) is 7.35. The van der Waals surface area contributed by atoms with E-state index >= 15 is 0 Å². The van der Waals surface area contributed by atoms with Crippen molar-refractivity contribution in [1.82, 2.24) is 0 Å². The van der Waals surface area contributed by atoms with E-state index in [1.165, 1.54) is 18.4 Å². The van der Waals surface area contributed by atoms with E-state index in [1.807, 2.05) is 12.1 Å². The summed E-state index contributed by atoms with van der Waals surface area (Å²) in [5, 5.41) is 14.8. The van der Waals surface area contributed by atoms with Crippen molar-refractivity contribution in [3.05, 3.63) is 45.8 Å². The highest BCUT2D eigenvalue weighted by Gasteiger charge is 2.23. The summed E-state index contributed by atoms with van der Waals surface area (Å²) >= 11 is 0. The van der Waals surface area contributed by atoms with Crippen LogP contribution in [-0.4, -0.2) is 11.0 Å². The molecule has 1 aliphatic rings. The van der Waals surface area contributed by atoms with E-state index in [4.69, 9.17) is 10.7 Å². The fraction of sp³-hybridized carbons (Fsp3) is 0.300. The van der Waals surface area contributed by atoms with Crippen LogP contribution >= 0.6 is 0 Å². The quantitative estimate of drug-likeness (QED) is 0.149. The number of benzene rings is 1. The van der Waals surface area contributed by atoms with Crippen LogP contribution in [0.1, 0.15) is 29.9 Å². The number of nitrogens with zero attached hydrogens (tertiary/aromatic N) is 4. The van der Waals surface area contributed by atoms with Crippen LogP contribution in [0.5, 0.6) is 0 Å². The van der Waals surface area contributed by atoms with Crippen LogP contribution in [-0.2, 0) is 0 Å². The van der Waals surface area contributed by atoms with E-state index in [1.54, 1.807) is 12.1 Å². The second-order valence-electron chi connectivity index (χ2n) is 3.51. The molecule has 0 heterocycles. The summed E-state index contributed by atoms with van der Waals surface area (Å²) in [6.07, 6.45) is 2.49. The highest BCUT2D eigenvalue weighted by molar-refractivity contribution is 5.99. The fourth-order valence-electron chi connectivity index (χ4n) is 1.50. The molecule has 1 aliphatic carbocycles. The van der Waals surface area contributed by atoms with Gasteiger partial charge < -0.3 is 5.21 Å². The van der Waals surface area contributed by atoms with E-state index in [2.05, 4.69) is 15.2 Å². The van der Waals surface area contributed by atoms with E-state index in [-0.39, 0.29) is 5.84 Å². The molecule has 1 aromatic rings. The summed E-state index contributed by atoms with van der Waals surface area (Å²) < 4.78 is 0. The van der Waals surface area contributed by atoms with Gasteiger partial charge in [0.25, 0.3) is 0 Å². The molecule has 1 saturated carbocycles. The van der Waals surface area contributed by atoms with Crippen molar-refractivity contribution in [2.75, 3.05) is 0 Å². The summed E-state index contributed by atoms with van der Waals surface area (Å²) in [6.45, 7) is 0. The van der Waals surface area contributed by atoms with E-state index < -0.39 is 0 Å². The molecule has 0 aliphatic heterocycles. The van der Waals surface area contributed by atoms with E-state index in [9.17, 15) is 0 Å². The fourth-order valence-corrected chi connectivity index (χ4v) is 1.50. The first-order valence-corrected chi connectivity index (χ1v) is 4.72. The number of azide groups is 1. The van der Waals surface area contributed by atoms with Gasteiger partial charge in [-0.15, -0.1) is 0 Å². The molecular weight excluding hydrogens is 192 g/mol. The van der Waals surface area contributed by atoms with Gasteiger partial charge in [0.2, 0.25) is 0 Å². The Bertz CT molecular complexity index is 427. The minimum Gasteiger partial charge on any atom is -0.410 e. The first-order valence-electron chi connectivity index (χ1n) is 4.72. The molecule has 1 aromatic carbocycles. The summed E-state index contributed by atoms with van der Waals surface area (Å²) in [6, 6.07) is 7.56. The van der Waals surface area contributed by atoms with Crippen molar-refractivity contribution in [2.24, 2.45) is 10.3 Å². The van der Waals surface area contributed by atoms with Crippen LogP contribution in [0, 0.1) is 0 Å². The number of hydrogen-bond donors (Lipinski definition) is 1. The topological polar surface area (TPSA) is 81.4 Å². The number of rotatable bonds is 2. The highest BCUT2D eigenvalue weighted by Crippen LogP contribution is 2.39. The van der Waals surface area contributed by atoms with Gasteiger partial charge in [0.15, 0.2) is 5.84 Å². The average Bonchev–Trinajstić information content (AvgIpc) is 3.10. The monoisotopic (exact) mass is 202 g/mol. The molecule has 15 heavy (non-hydrogen) atoms. The summed E-state index contributed by atoms with van der Waals surface area (Å²) in [7, 11) is 0. The molecule has 0 bridgehead atoms. The molecule has 0 atom stereocenters. The first kappa shape index (κ1) is 9.55. The molecule has 0 radical (unpaired) electrons. The van der Waals surface area contributed by atoms with Crippen molar-refractivity contribution in [3.63, 3.8) is 0 Å². The van der Waals surface area contributed by atoms with Crippen LogP contribution in [0.2, 0.25) is 0 Å². The molecule has 0 saturated heterocycles. The summed E-state index contributed by atoms with van der Waals surface area (Å²) in [5.74, 6) is 0.688. The Balaban J connectivity index is 2.25. The van der Waals surface area contributed by atoms with Gasteiger partial charge in [-0.1, -0.05) is 29.4 Å². The molecule has 0 amide bonds. The molecule has 5 nitrogen and oxygen atoms in total. The van der Waals surface area contributed by atoms with Gasteiger partial charge in [-0.05, 0) is 35.0 Å². The lowest BCUT2D eigenvalue weighted by Crippen LogP contribution is -1.95. The summed E-state index contributed by atoms with van der Waals surface area (Å²) in [5.41, 5.74) is 10.2. The Hall–Kier alpha value is -2.00. The summed E-state index contributed by atoms with van der Waals surface area (Å²) in [4.78, 5) is 2.59. The second kappa shape index (κ2) is 4.02. The number of amidine groups is 1. The van der Waals surface area contributed by atoms with Gasteiger partial charge in [0.05, 0.1) is 0 Å². The van der Waals surface area contributed by atoms with Crippen molar-refractivity contribution in [3.8, 4) is 0 Å². The van der Waals surface area contributed by atoms with Crippen molar-refractivity contribution in [1.29, 1.82) is 0 Å².